The highest BCUT2D eigenvalue weighted by molar-refractivity contribution is 7.85. The molecule has 13 heteroatoms. The molecule has 0 aliphatic carbocycles. The fourth-order valence-electron chi connectivity index (χ4n) is 3.79. The van der Waals surface area contributed by atoms with Crippen LogP contribution >= 0.6 is 0 Å². The second-order valence-corrected chi connectivity index (χ2v) is 9.86. The predicted molar refractivity (Wildman–Crippen MR) is 116 cm³/mol. The van der Waals surface area contributed by atoms with Crippen LogP contribution in [0.15, 0.2) is 36.4 Å². The minimum absolute atomic E-state index is 0.0288. The van der Waals surface area contributed by atoms with E-state index in [-0.39, 0.29) is 18.4 Å². The Bertz CT molecular complexity index is 1090. The summed E-state index contributed by atoms with van der Waals surface area (Å²) >= 11 is 0. The first-order valence-corrected chi connectivity index (χ1v) is 12.2. The Morgan fingerprint density at radius 3 is 1.86 bits per heavy atom. The molecule has 1 heterocycles. The molecule has 1 saturated heterocycles. The number of piperidine rings is 1. The first kappa shape index (κ1) is 28.9. The van der Waals surface area contributed by atoms with Crippen LogP contribution in [0.1, 0.15) is 42.6 Å². The van der Waals surface area contributed by atoms with E-state index in [1.54, 1.807) is 6.92 Å². The van der Waals surface area contributed by atoms with Gasteiger partial charge in [-0.15, -0.1) is 0 Å². The lowest BCUT2D eigenvalue weighted by Crippen LogP contribution is -2.47. The minimum Gasteiger partial charge on any atom is -0.503 e. The van der Waals surface area contributed by atoms with E-state index < -0.39 is 57.0 Å². The van der Waals surface area contributed by atoms with Crippen molar-refractivity contribution in [1.29, 1.82) is 0 Å². The lowest BCUT2D eigenvalue weighted by atomic mass is 9.83. The van der Waals surface area contributed by atoms with Crippen molar-refractivity contribution in [2.75, 3.05) is 19.3 Å². The number of hydrogen-bond donors (Lipinski definition) is 4. The largest absolute Gasteiger partial charge is 0.503 e. The quantitative estimate of drug-likeness (QED) is 0.355. The lowest BCUT2D eigenvalue weighted by molar-refractivity contribution is -0.137. The van der Waals surface area contributed by atoms with Crippen molar-refractivity contribution in [2.24, 2.45) is 0 Å². The van der Waals surface area contributed by atoms with Gasteiger partial charge in [0.25, 0.3) is 10.1 Å². The van der Waals surface area contributed by atoms with Crippen LogP contribution in [0.25, 0.3) is 0 Å². The Balaban J connectivity index is 0.000000784. The molecular formula is C22H26F5NO6S. The number of alkyl halides is 3. The average molecular weight is 528 g/mol. The van der Waals surface area contributed by atoms with Gasteiger partial charge in [0.1, 0.15) is 0 Å². The second-order valence-electron chi connectivity index (χ2n) is 8.39. The Labute approximate surface area is 199 Å². The van der Waals surface area contributed by atoms with Crippen LogP contribution in [0, 0.1) is 11.6 Å². The smallest absolute Gasteiger partial charge is 0.416 e. The summed E-state index contributed by atoms with van der Waals surface area (Å²) in [7, 11) is -3.67. The molecule has 2 aromatic carbocycles. The molecular weight excluding hydrogens is 501 g/mol. The molecule has 0 spiro atoms. The van der Waals surface area contributed by atoms with Crippen molar-refractivity contribution in [3.8, 4) is 5.75 Å². The summed E-state index contributed by atoms with van der Waals surface area (Å²) in [6.45, 7) is 2.30. The molecule has 1 fully saturated rings. The third-order valence-electron chi connectivity index (χ3n) is 5.79. The van der Waals surface area contributed by atoms with Crippen LogP contribution in [0.5, 0.6) is 5.75 Å². The number of hydrogen-bond acceptors (Lipinski definition) is 6. The number of aliphatic hydroxyl groups is 2. The monoisotopic (exact) mass is 527 g/mol. The standard InChI is InChI=1S/C21H22F5NO3.CH4O3S/c1-12(18(28)13-10-16(22)19(29)17(23)11-13)27-8-6-20(30,7-9-27)14-2-4-15(5-3-14)21(24,25)26;1-5(2,3)4/h2-5,10-12,18,28-30H,6-9H2,1H3;1H3,(H,2,3,4)/t12-,18+;/m1./s1. The topological polar surface area (TPSA) is 118 Å². The summed E-state index contributed by atoms with van der Waals surface area (Å²) in [5.74, 6) is -3.46. The zero-order chi connectivity index (χ0) is 26.8. The molecule has 2 atom stereocenters. The SMILES string of the molecule is CS(=O)(=O)O.C[C@H]([C@H](O)c1cc(F)c(O)c(F)c1)N1CCC(O)(c2ccc(C(F)(F)F)cc2)CC1. The first-order valence-electron chi connectivity index (χ1n) is 10.3. The Kier molecular flexibility index (Phi) is 8.88. The second kappa shape index (κ2) is 10.7. The van der Waals surface area contributed by atoms with Crippen molar-refractivity contribution >= 4 is 10.1 Å². The number of rotatable bonds is 4. The van der Waals surface area contributed by atoms with Crippen LogP contribution in [-0.2, 0) is 21.9 Å². The zero-order valence-electron chi connectivity index (χ0n) is 18.8. The molecule has 1 aliphatic heterocycles. The number of aliphatic hydroxyl groups excluding tert-OH is 1. The van der Waals surface area contributed by atoms with Gasteiger partial charge in [0, 0.05) is 19.1 Å². The molecule has 35 heavy (non-hydrogen) atoms. The molecule has 196 valence electrons. The summed E-state index contributed by atoms with van der Waals surface area (Å²) in [4.78, 5) is 1.83. The van der Waals surface area contributed by atoms with Gasteiger partial charge >= 0.3 is 6.18 Å². The number of halogens is 5. The van der Waals surface area contributed by atoms with E-state index in [0.717, 1.165) is 24.3 Å². The van der Waals surface area contributed by atoms with Crippen LogP contribution in [0.3, 0.4) is 0 Å². The van der Waals surface area contributed by atoms with E-state index in [1.165, 1.54) is 12.1 Å². The van der Waals surface area contributed by atoms with E-state index in [2.05, 4.69) is 0 Å². The number of aromatic hydroxyl groups is 1. The van der Waals surface area contributed by atoms with Gasteiger partial charge in [-0.25, -0.2) is 8.78 Å². The summed E-state index contributed by atoms with van der Waals surface area (Å²) in [6.07, 6.45) is -4.55. The summed E-state index contributed by atoms with van der Waals surface area (Å²) in [5, 5.41) is 30.6. The maximum Gasteiger partial charge on any atom is 0.416 e. The van der Waals surface area contributed by atoms with E-state index in [1.807, 2.05) is 4.90 Å². The molecule has 0 aromatic heterocycles. The zero-order valence-corrected chi connectivity index (χ0v) is 19.6. The Morgan fingerprint density at radius 1 is 1.03 bits per heavy atom. The van der Waals surface area contributed by atoms with Gasteiger partial charge in [0.15, 0.2) is 17.4 Å². The Morgan fingerprint density at radius 2 is 1.46 bits per heavy atom. The van der Waals surface area contributed by atoms with Gasteiger partial charge in [0.05, 0.1) is 23.5 Å². The van der Waals surface area contributed by atoms with Gasteiger partial charge in [-0.3, -0.25) is 9.45 Å². The van der Waals surface area contributed by atoms with Crippen molar-refractivity contribution in [2.45, 2.75) is 43.7 Å². The van der Waals surface area contributed by atoms with Gasteiger partial charge in [-0.1, -0.05) is 12.1 Å². The fraction of sp³-hybridized carbons (Fsp3) is 0.455. The minimum atomic E-state index is -4.46. The molecule has 0 unspecified atom stereocenters. The maximum atomic E-state index is 13.6. The Hall–Kier alpha value is -2.32. The van der Waals surface area contributed by atoms with Gasteiger partial charge in [0.2, 0.25) is 0 Å². The third kappa shape index (κ3) is 7.84. The number of phenolic OH excluding ortho intramolecular Hbond substituents is 1. The van der Waals surface area contributed by atoms with Crippen molar-refractivity contribution < 1.29 is 50.2 Å². The summed E-state index contributed by atoms with van der Waals surface area (Å²) in [5.41, 5.74) is -1.75. The van der Waals surface area contributed by atoms with E-state index in [0.29, 0.717) is 24.9 Å². The van der Waals surface area contributed by atoms with Crippen molar-refractivity contribution in [1.82, 2.24) is 4.90 Å². The van der Waals surface area contributed by atoms with Crippen LogP contribution in [0.4, 0.5) is 22.0 Å². The van der Waals surface area contributed by atoms with Crippen LogP contribution < -0.4 is 0 Å². The van der Waals surface area contributed by atoms with Crippen LogP contribution in [0.2, 0.25) is 0 Å². The van der Waals surface area contributed by atoms with E-state index >= 15 is 0 Å². The normalized spacial score (nSPS) is 18.3. The molecule has 0 bridgehead atoms. The first-order chi connectivity index (χ1) is 15.9. The fourth-order valence-corrected chi connectivity index (χ4v) is 3.79. The van der Waals surface area contributed by atoms with Gasteiger partial charge in [-0.05, 0) is 55.2 Å². The predicted octanol–water partition coefficient (Wildman–Crippen LogP) is 3.60. The maximum absolute atomic E-state index is 13.6. The van der Waals surface area contributed by atoms with Crippen LogP contribution in [-0.4, -0.2) is 58.6 Å². The number of likely N-dealkylation sites (tertiary alicyclic amines) is 1. The van der Waals surface area contributed by atoms with E-state index in [9.17, 15) is 45.7 Å². The van der Waals surface area contributed by atoms with Crippen molar-refractivity contribution in [3.63, 3.8) is 0 Å². The average Bonchev–Trinajstić information content (AvgIpc) is 2.75. The molecule has 4 N–H and O–H groups in total. The van der Waals surface area contributed by atoms with Gasteiger partial charge in [-0.2, -0.15) is 21.6 Å². The third-order valence-corrected chi connectivity index (χ3v) is 5.79. The lowest BCUT2D eigenvalue weighted by Gasteiger charge is -2.42. The molecule has 2 aromatic rings. The van der Waals surface area contributed by atoms with Crippen molar-refractivity contribution in [3.05, 3.63) is 64.7 Å². The molecule has 0 radical (unpaired) electrons. The molecule has 1 aliphatic rings. The number of benzene rings is 2. The highest BCUT2D eigenvalue weighted by Gasteiger charge is 2.38. The highest BCUT2D eigenvalue weighted by Crippen LogP contribution is 2.37. The molecule has 3 rings (SSSR count). The molecule has 7 nitrogen and oxygen atoms in total. The van der Waals surface area contributed by atoms with Gasteiger partial charge < -0.3 is 15.3 Å². The van der Waals surface area contributed by atoms with E-state index in [4.69, 9.17) is 4.55 Å². The molecule has 0 saturated carbocycles. The number of phenols is 1. The molecule has 0 amide bonds. The summed E-state index contributed by atoms with van der Waals surface area (Å²) < 4.78 is 91.2. The summed E-state index contributed by atoms with van der Waals surface area (Å²) in [6, 6.07) is 5.56. The highest BCUT2D eigenvalue weighted by atomic mass is 32.2. The number of nitrogens with zero attached hydrogens (tertiary/aromatic N) is 1.